The molecule has 4 atom stereocenters. The standard InChI is InChI=1S/C15H24O5/c1-11(14(18)15(2,19)10-16)13(17)9-20-8-12-6-4-3-5-7-12/h3-7,11,13-14,16-19H,8-10H2,1-2H3/t11-,13+,14+,15+/m1/s1. The lowest BCUT2D eigenvalue weighted by molar-refractivity contribution is -0.137. The Hall–Kier alpha value is -0.980. The lowest BCUT2D eigenvalue weighted by Crippen LogP contribution is -2.50. The molecule has 1 rings (SSSR count). The third-order valence-corrected chi connectivity index (χ3v) is 3.46. The van der Waals surface area contributed by atoms with Gasteiger partial charge in [-0.05, 0) is 12.5 Å². The molecule has 114 valence electrons. The predicted octanol–water partition coefficient (Wildman–Crippen LogP) is 0.304. The largest absolute Gasteiger partial charge is 0.393 e. The summed E-state index contributed by atoms with van der Waals surface area (Å²) in [7, 11) is 0. The van der Waals surface area contributed by atoms with E-state index in [2.05, 4.69) is 0 Å². The Kier molecular flexibility index (Phi) is 6.58. The van der Waals surface area contributed by atoms with Crippen LogP contribution in [0, 0.1) is 5.92 Å². The monoisotopic (exact) mass is 284 g/mol. The molecule has 0 unspecified atom stereocenters. The second-order valence-corrected chi connectivity index (χ2v) is 5.39. The van der Waals surface area contributed by atoms with Crippen LogP contribution in [0.4, 0.5) is 0 Å². The summed E-state index contributed by atoms with van der Waals surface area (Å²) in [6.45, 7) is 2.78. The summed E-state index contributed by atoms with van der Waals surface area (Å²) in [5.74, 6) is -0.618. The van der Waals surface area contributed by atoms with Gasteiger partial charge in [-0.15, -0.1) is 0 Å². The molecule has 0 amide bonds. The molecule has 0 saturated heterocycles. The van der Waals surface area contributed by atoms with Gasteiger partial charge in [-0.3, -0.25) is 0 Å². The van der Waals surface area contributed by atoms with Crippen LogP contribution in [0.5, 0.6) is 0 Å². The highest BCUT2D eigenvalue weighted by Gasteiger charge is 2.36. The Morgan fingerprint density at radius 2 is 1.80 bits per heavy atom. The van der Waals surface area contributed by atoms with Crippen LogP contribution in [0.2, 0.25) is 0 Å². The highest BCUT2D eigenvalue weighted by molar-refractivity contribution is 5.13. The molecule has 20 heavy (non-hydrogen) atoms. The number of hydrogen-bond acceptors (Lipinski definition) is 5. The number of ether oxygens (including phenoxy) is 1. The number of hydrogen-bond donors (Lipinski definition) is 4. The minimum absolute atomic E-state index is 0.0502. The van der Waals surface area contributed by atoms with Crippen molar-refractivity contribution in [1.29, 1.82) is 0 Å². The molecular formula is C15H24O5. The van der Waals surface area contributed by atoms with Crippen molar-refractivity contribution < 1.29 is 25.2 Å². The van der Waals surface area contributed by atoms with Gasteiger partial charge in [0.15, 0.2) is 0 Å². The first kappa shape index (κ1) is 17.1. The average molecular weight is 284 g/mol. The molecule has 0 heterocycles. The van der Waals surface area contributed by atoms with Crippen molar-refractivity contribution in [2.24, 2.45) is 5.92 Å². The van der Waals surface area contributed by atoms with Crippen molar-refractivity contribution >= 4 is 0 Å². The molecule has 5 nitrogen and oxygen atoms in total. The van der Waals surface area contributed by atoms with E-state index < -0.39 is 30.3 Å². The lowest BCUT2D eigenvalue weighted by Gasteiger charge is -2.33. The van der Waals surface area contributed by atoms with Gasteiger partial charge in [0, 0.05) is 5.92 Å². The highest BCUT2D eigenvalue weighted by atomic mass is 16.5. The summed E-state index contributed by atoms with van der Waals surface area (Å²) >= 11 is 0. The molecule has 0 aliphatic rings. The van der Waals surface area contributed by atoms with E-state index in [1.165, 1.54) is 6.92 Å². The first-order valence-corrected chi connectivity index (χ1v) is 6.69. The van der Waals surface area contributed by atoms with Crippen LogP contribution in [0.3, 0.4) is 0 Å². The van der Waals surface area contributed by atoms with Crippen LogP contribution in [-0.2, 0) is 11.3 Å². The van der Waals surface area contributed by atoms with Gasteiger partial charge in [0.1, 0.15) is 5.60 Å². The molecule has 0 aliphatic carbocycles. The molecule has 0 radical (unpaired) electrons. The maximum atomic E-state index is 9.95. The van der Waals surface area contributed by atoms with E-state index in [1.807, 2.05) is 30.3 Å². The molecule has 5 heteroatoms. The van der Waals surface area contributed by atoms with Crippen molar-refractivity contribution in [2.45, 2.75) is 38.3 Å². The molecule has 0 saturated carbocycles. The van der Waals surface area contributed by atoms with E-state index in [1.54, 1.807) is 6.92 Å². The minimum atomic E-state index is -1.64. The maximum absolute atomic E-state index is 9.95. The maximum Gasteiger partial charge on any atom is 0.111 e. The molecule has 0 spiro atoms. The zero-order valence-electron chi connectivity index (χ0n) is 11.9. The minimum Gasteiger partial charge on any atom is -0.393 e. The Labute approximate surface area is 119 Å². The van der Waals surface area contributed by atoms with Crippen LogP contribution in [0.25, 0.3) is 0 Å². The van der Waals surface area contributed by atoms with Gasteiger partial charge in [-0.2, -0.15) is 0 Å². The van der Waals surface area contributed by atoms with Gasteiger partial charge in [0.25, 0.3) is 0 Å². The van der Waals surface area contributed by atoms with Gasteiger partial charge in [0.05, 0.1) is 32.0 Å². The summed E-state index contributed by atoms with van der Waals surface area (Å²) in [6.07, 6.45) is -2.16. The van der Waals surface area contributed by atoms with Gasteiger partial charge >= 0.3 is 0 Å². The predicted molar refractivity (Wildman–Crippen MR) is 75.0 cm³/mol. The summed E-state index contributed by atoms with van der Waals surface area (Å²) in [5.41, 5.74) is -0.643. The summed E-state index contributed by atoms with van der Waals surface area (Å²) in [5, 5.41) is 38.6. The SMILES string of the molecule is C[C@H]([C@@H](O)COCc1ccccc1)[C@H](O)[C@@](C)(O)CO. The smallest absolute Gasteiger partial charge is 0.111 e. The molecule has 1 aromatic rings. The van der Waals surface area contributed by atoms with Crippen molar-refractivity contribution in [3.63, 3.8) is 0 Å². The summed E-state index contributed by atoms with van der Waals surface area (Å²) in [4.78, 5) is 0. The van der Waals surface area contributed by atoms with E-state index in [-0.39, 0.29) is 6.61 Å². The Balaban J connectivity index is 2.40. The van der Waals surface area contributed by atoms with Gasteiger partial charge in [-0.1, -0.05) is 37.3 Å². The van der Waals surface area contributed by atoms with Crippen LogP contribution < -0.4 is 0 Å². The Morgan fingerprint density at radius 1 is 1.20 bits per heavy atom. The van der Waals surface area contributed by atoms with Crippen molar-refractivity contribution in [2.75, 3.05) is 13.2 Å². The third-order valence-electron chi connectivity index (χ3n) is 3.46. The van der Waals surface area contributed by atoms with E-state index >= 15 is 0 Å². The number of rotatable bonds is 8. The summed E-state index contributed by atoms with van der Waals surface area (Å²) < 4.78 is 5.39. The van der Waals surface area contributed by atoms with Gasteiger partial charge < -0.3 is 25.2 Å². The molecular weight excluding hydrogens is 260 g/mol. The third kappa shape index (κ3) is 4.85. The average Bonchev–Trinajstić information content (AvgIpc) is 2.46. The fourth-order valence-electron chi connectivity index (χ4n) is 1.89. The first-order valence-electron chi connectivity index (χ1n) is 6.69. The van der Waals surface area contributed by atoms with Crippen LogP contribution in [0.15, 0.2) is 30.3 Å². The zero-order chi connectivity index (χ0) is 15.2. The van der Waals surface area contributed by atoms with E-state index in [0.717, 1.165) is 5.56 Å². The van der Waals surface area contributed by atoms with Crippen LogP contribution in [-0.4, -0.2) is 51.4 Å². The van der Waals surface area contributed by atoms with Crippen LogP contribution in [0.1, 0.15) is 19.4 Å². The number of aliphatic hydroxyl groups is 4. The molecule has 1 aromatic carbocycles. The van der Waals surface area contributed by atoms with Crippen molar-refractivity contribution in [3.8, 4) is 0 Å². The van der Waals surface area contributed by atoms with E-state index in [0.29, 0.717) is 6.61 Å². The fourth-order valence-corrected chi connectivity index (χ4v) is 1.89. The highest BCUT2D eigenvalue weighted by Crippen LogP contribution is 2.20. The molecule has 0 aliphatic heterocycles. The molecule has 0 aromatic heterocycles. The van der Waals surface area contributed by atoms with Crippen LogP contribution >= 0.6 is 0 Å². The topological polar surface area (TPSA) is 90.2 Å². The van der Waals surface area contributed by atoms with Crippen molar-refractivity contribution in [1.82, 2.24) is 0 Å². The zero-order valence-corrected chi connectivity index (χ0v) is 11.9. The second-order valence-electron chi connectivity index (χ2n) is 5.39. The van der Waals surface area contributed by atoms with Gasteiger partial charge in [-0.25, -0.2) is 0 Å². The van der Waals surface area contributed by atoms with E-state index in [9.17, 15) is 15.3 Å². The molecule has 0 bridgehead atoms. The number of aliphatic hydroxyl groups excluding tert-OH is 3. The fraction of sp³-hybridized carbons (Fsp3) is 0.600. The van der Waals surface area contributed by atoms with Crippen molar-refractivity contribution in [3.05, 3.63) is 35.9 Å². The summed E-state index contributed by atoms with van der Waals surface area (Å²) in [6, 6.07) is 9.55. The normalized spacial score (nSPS) is 19.1. The first-order chi connectivity index (χ1) is 9.38. The second kappa shape index (κ2) is 7.71. The number of benzene rings is 1. The Bertz CT molecular complexity index is 379. The Morgan fingerprint density at radius 3 is 2.35 bits per heavy atom. The molecule has 0 fully saturated rings. The van der Waals surface area contributed by atoms with E-state index in [4.69, 9.17) is 9.84 Å². The lowest BCUT2D eigenvalue weighted by atomic mass is 9.87. The van der Waals surface area contributed by atoms with Gasteiger partial charge in [0.2, 0.25) is 0 Å². The quantitative estimate of drug-likeness (QED) is 0.551. The molecule has 4 N–H and O–H groups in total.